The topological polar surface area (TPSA) is 75.7 Å². The lowest BCUT2D eigenvalue weighted by Crippen LogP contribution is -2.38. The summed E-state index contributed by atoms with van der Waals surface area (Å²) in [4.78, 5) is 12.1. The number of hydrogen-bond donors (Lipinski definition) is 1. The Morgan fingerprint density at radius 1 is 1.20 bits per heavy atom. The van der Waals surface area contributed by atoms with Crippen molar-refractivity contribution >= 4 is 15.9 Å². The normalized spacial score (nSPS) is 16.1. The summed E-state index contributed by atoms with van der Waals surface area (Å²) in [5.41, 5.74) is 0. The molecule has 0 radical (unpaired) electrons. The summed E-state index contributed by atoms with van der Waals surface area (Å²) in [5.74, 6) is -0.306. The number of benzene rings is 1. The second-order valence-corrected chi connectivity index (χ2v) is 8.45. The first kappa shape index (κ1) is 19.9. The number of nitrogens with one attached hydrogen (secondary N) is 1. The third kappa shape index (κ3) is 6.41. The average molecular weight is 368 g/mol. The number of amides is 1. The Balaban J connectivity index is 1.65. The van der Waals surface area contributed by atoms with Gasteiger partial charge in [0.05, 0.1) is 17.5 Å². The van der Waals surface area contributed by atoms with Gasteiger partial charge in [0.1, 0.15) is 0 Å². The van der Waals surface area contributed by atoms with Gasteiger partial charge < -0.3 is 10.1 Å². The van der Waals surface area contributed by atoms with Crippen LogP contribution in [0, 0.1) is 0 Å². The number of carbonyl (C=O) groups is 1. The maximum atomic E-state index is 12.3. The van der Waals surface area contributed by atoms with Crippen LogP contribution >= 0.6 is 0 Å². The van der Waals surface area contributed by atoms with Crippen LogP contribution in [0.3, 0.4) is 0 Å². The summed E-state index contributed by atoms with van der Waals surface area (Å²) < 4.78 is 31.6. The predicted molar refractivity (Wildman–Crippen MR) is 96.7 cm³/mol. The maximum Gasteiger partial charge on any atom is 0.243 e. The van der Waals surface area contributed by atoms with Crippen LogP contribution < -0.4 is 5.32 Å². The third-order valence-electron chi connectivity index (χ3n) is 4.37. The summed E-state index contributed by atoms with van der Waals surface area (Å²) >= 11 is 0. The Bertz CT molecular complexity index is 628. The van der Waals surface area contributed by atoms with E-state index in [1.165, 1.54) is 38.4 Å². The largest absolute Gasteiger partial charge is 0.378 e. The zero-order chi connectivity index (χ0) is 18.1. The van der Waals surface area contributed by atoms with E-state index in [4.69, 9.17) is 4.74 Å². The smallest absolute Gasteiger partial charge is 0.243 e. The zero-order valence-electron chi connectivity index (χ0n) is 14.8. The van der Waals surface area contributed by atoms with E-state index in [2.05, 4.69) is 5.32 Å². The molecule has 0 saturated heterocycles. The molecule has 0 bridgehead atoms. The summed E-state index contributed by atoms with van der Waals surface area (Å²) in [6.45, 7) is 0.925. The van der Waals surface area contributed by atoms with Crippen molar-refractivity contribution in [1.29, 1.82) is 0 Å². The maximum absolute atomic E-state index is 12.3. The molecule has 1 fully saturated rings. The Morgan fingerprint density at radius 2 is 1.88 bits per heavy atom. The minimum Gasteiger partial charge on any atom is -0.378 e. The number of hydrogen-bond acceptors (Lipinski definition) is 4. The second-order valence-electron chi connectivity index (χ2n) is 6.41. The van der Waals surface area contributed by atoms with Crippen LogP contribution in [0.25, 0.3) is 0 Å². The van der Waals surface area contributed by atoms with E-state index >= 15 is 0 Å². The van der Waals surface area contributed by atoms with Crippen molar-refractivity contribution < 1.29 is 17.9 Å². The van der Waals surface area contributed by atoms with Crippen molar-refractivity contribution in [2.24, 2.45) is 0 Å². The number of sulfonamides is 1. The molecule has 0 heterocycles. The van der Waals surface area contributed by atoms with E-state index < -0.39 is 10.0 Å². The molecule has 1 amide bonds. The van der Waals surface area contributed by atoms with E-state index in [9.17, 15) is 13.2 Å². The van der Waals surface area contributed by atoms with Crippen molar-refractivity contribution in [1.82, 2.24) is 9.62 Å². The van der Waals surface area contributed by atoms with Gasteiger partial charge in [0, 0.05) is 20.2 Å². The van der Waals surface area contributed by atoms with E-state index in [-0.39, 0.29) is 17.3 Å². The molecule has 0 unspecified atom stereocenters. The lowest BCUT2D eigenvalue weighted by atomic mass is 9.98. The van der Waals surface area contributed by atoms with Gasteiger partial charge in [0.25, 0.3) is 0 Å². The highest BCUT2D eigenvalue weighted by molar-refractivity contribution is 7.89. The zero-order valence-corrected chi connectivity index (χ0v) is 15.6. The molecule has 1 aromatic carbocycles. The van der Waals surface area contributed by atoms with Gasteiger partial charge in [-0.2, -0.15) is 4.31 Å². The van der Waals surface area contributed by atoms with Crippen molar-refractivity contribution in [3.05, 3.63) is 30.3 Å². The molecule has 2 rings (SSSR count). The monoisotopic (exact) mass is 368 g/mol. The fourth-order valence-electron chi connectivity index (χ4n) is 2.90. The molecule has 1 aliphatic rings. The number of rotatable bonds is 9. The molecule has 6 nitrogen and oxygen atoms in total. The van der Waals surface area contributed by atoms with Gasteiger partial charge in [-0.3, -0.25) is 4.79 Å². The molecule has 1 N–H and O–H groups in total. The fraction of sp³-hybridized carbons (Fsp3) is 0.611. The first-order valence-electron chi connectivity index (χ1n) is 8.90. The Kier molecular flexibility index (Phi) is 7.87. The summed E-state index contributed by atoms with van der Waals surface area (Å²) in [6, 6.07) is 8.11. The van der Waals surface area contributed by atoms with Gasteiger partial charge >= 0.3 is 0 Å². The minimum absolute atomic E-state index is 0.186. The highest BCUT2D eigenvalue weighted by Crippen LogP contribution is 2.20. The second kappa shape index (κ2) is 9.89. The molecule has 1 aliphatic carbocycles. The molecule has 25 heavy (non-hydrogen) atoms. The van der Waals surface area contributed by atoms with Gasteiger partial charge in [-0.15, -0.1) is 0 Å². The lowest BCUT2D eigenvalue weighted by molar-refractivity contribution is -0.121. The summed E-state index contributed by atoms with van der Waals surface area (Å²) in [5, 5.41) is 2.75. The first-order chi connectivity index (χ1) is 12.0. The molecule has 140 valence electrons. The summed E-state index contributed by atoms with van der Waals surface area (Å²) in [6.07, 6.45) is 7.15. The third-order valence-corrected chi connectivity index (χ3v) is 6.18. The first-order valence-corrected chi connectivity index (χ1v) is 10.3. The van der Waals surface area contributed by atoms with Gasteiger partial charge in [0.15, 0.2) is 0 Å². The molecule has 0 atom stereocenters. The Morgan fingerprint density at radius 3 is 2.56 bits per heavy atom. The van der Waals surface area contributed by atoms with Crippen molar-refractivity contribution in [3.8, 4) is 0 Å². The number of nitrogens with zero attached hydrogens (tertiary/aromatic N) is 1. The molecular weight excluding hydrogens is 340 g/mol. The van der Waals surface area contributed by atoms with Crippen molar-refractivity contribution in [2.75, 3.05) is 26.7 Å². The summed E-state index contributed by atoms with van der Waals surface area (Å²) in [7, 11) is -2.23. The highest BCUT2D eigenvalue weighted by Gasteiger charge is 2.22. The van der Waals surface area contributed by atoms with E-state index in [0.717, 1.165) is 23.6 Å². The molecule has 0 aliphatic heterocycles. The van der Waals surface area contributed by atoms with Crippen molar-refractivity contribution in [2.45, 2.75) is 49.5 Å². The number of ether oxygens (including phenoxy) is 1. The van der Waals surface area contributed by atoms with Gasteiger partial charge in [-0.1, -0.05) is 37.5 Å². The van der Waals surface area contributed by atoms with Crippen LogP contribution in [0.4, 0.5) is 0 Å². The fourth-order valence-corrected chi connectivity index (χ4v) is 4.05. The van der Waals surface area contributed by atoms with Crippen LogP contribution in [0.1, 0.15) is 38.5 Å². The number of likely N-dealkylation sites (N-methyl/N-ethyl adjacent to an activating group) is 1. The van der Waals surface area contributed by atoms with Crippen LogP contribution in [-0.4, -0.2) is 51.5 Å². The number of carbonyl (C=O) groups excluding carboxylic acids is 1. The predicted octanol–water partition coefficient (Wildman–Crippen LogP) is 2.16. The van der Waals surface area contributed by atoms with Gasteiger partial charge in [0.2, 0.25) is 15.9 Å². The Labute approximate surface area is 150 Å². The molecule has 0 aromatic heterocycles. The average Bonchev–Trinajstić information content (AvgIpc) is 2.63. The van der Waals surface area contributed by atoms with E-state index in [1.54, 1.807) is 18.2 Å². The van der Waals surface area contributed by atoms with Crippen LogP contribution in [-0.2, 0) is 19.6 Å². The van der Waals surface area contributed by atoms with Gasteiger partial charge in [-0.25, -0.2) is 8.42 Å². The highest BCUT2D eigenvalue weighted by atomic mass is 32.2. The SMILES string of the molecule is CN(CC(=O)NCCCOC1CCCCC1)S(=O)(=O)c1ccccc1. The van der Waals surface area contributed by atoms with Gasteiger partial charge in [-0.05, 0) is 31.4 Å². The minimum atomic E-state index is -3.64. The van der Waals surface area contributed by atoms with Crippen molar-refractivity contribution in [3.63, 3.8) is 0 Å². The molecule has 1 saturated carbocycles. The molecule has 7 heteroatoms. The van der Waals surface area contributed by atoms with E-state index in [0.29, 0.717) is 19.3 Å². The molecule has 1 aromatic rings. The quantitative estimate of drug-likeness (QED) is 0.678. The molecule has 0 spiro atoms. The molecular formula is C18H28N2O4S. The van der Waals surface area contributed by atoms with Crippen LogP contribution in [0.15, 0.2) is 35.2 Å². The standard InChI is InChI=1S/C18H28N2O4S/c1-20(25(22,23)17-11-6-3-7-12-17)15-18(21)19-13-8-14-24-16-9-4-2-5-10-16/h3,6-7,11-12,16H,2,4-5,8-10,13-15H2,1H3,(H,19,21). The lowest BCUT2D eigenvalue weighted by Gasteiger charge is -2.22. The van der Waals surface area contributed by atoms with Crippen LogP contribution in [0.5, 0.6) is 0 Å². The Hall–Kier alpha value is -1.44. The van der Waals surface area contributed by atoms with E-state index in [1.807, 2.05) is 0 Å². The van der Waals surface area contributed by atoms with Crippen LogP contribution in [0.2, 0.25) is 0 Å².